The highest BCUT2D eigenvalue weighted by molar-refractivity contribution is 9.11. The number of hydrogen-bond donors (Lipinski definition) is 2. The molecule has 0 aliphatic rings. The highest BCUT2D eigenvalue weighted by Crippen LogP contribution is 2.29. The fourth-order valence-corrected chi connectivity index (χ4v) is 3.64. The second-order valence-electron chi connectivity index (χ2n) is 5.49. The Morgan fingerprint density at radius 1 is 1.14 bits per heavy atom. The summed E-state index contributed by atoms with van der Waals surface area (Å²) >= 11 is 6.97. The van der Waals surface area contributed by atoms with Crippen molar-refractivity contribution >= 4 is 43.5 Å². The molecule has 1 rings (SSSR count). The van der Waals surface area contributed by atoms with Gasteiger partial charge >= 0.3 is 0 Å². The Kier molecular flexibility index (Phi) is 9.05. The summed E-state index contributed by atoms with van der Waals surface area (Å²) in [5.74, 6) is -0.210. The lowest BCUT2D eigenvalue weighted by atomic mass is 10.1. The third-order valence-electron chi connectivity index (χ3n) is 3.54. The standard InChI is InChI=1S/C16H25Br2N3O/c1-2-7-21(8-4-3-5-15(19)22)9-6-12-10-13(17)16(20)14(18)11-12/h10-11H,2-9,20H2,1H3,(H2,19,22). The molecule has 4 N–H and O–H groups in total. The number of carbonyl (C=O) groups is 1. The van der Waals surface area contributed by atoms with Gasteiger partial charge in [-0.3, -0.25) is 4.79 Å². The van der Waals surface area contributed by atoms with E-state index in [1.807, 2.05) is 0 Å². The van der Waals surface area contributed by atoms with E-state index >= 15 is 0 Å². The SMILES string of the molecule is CCCN(CCCCC(N)=O)CCc1cc(Br)c(N)c(Br)c1. The van der Waals surface area contributed by atoms with Crippen LogP contribution in [0.2, 0.25) is 0 Å². The third-order valence-corrected chi connectivity index (χ3v) is 4.86. The monoisotopic (exact) mass is 433 g/mol. The maximum absolute atomic E-state index is 10.8. The fourth-order valence-electron chi connectivity index (χ4n) is 2.35. The Morgan fingerprint density at radius 3 is 2.32 bits per heavy atom. The van der Waals surface area contributed by atoms with Gasteiger partial charge in [-0.05, 0) is 88.3 Å². The Hall–Kier alpha value is -0.590. The van der Waals surface area contributed by atoms with Crippen LogP contribution in [0.15, 0.2) is 21.1 Å². The van der Waals surface area contributed by atoms with Gasteiger partial charge in [-0.15, -0.1) is 0 Å². The Morgan fingerprint density at radius 2 is 1.77 bits per heavy atom. The Labute approximate surface area is 149 Å². The summed E-state index contributed by atoms with van der Waals surface area (Å²) in [5.41, 5.74) is 13.1. The van der Waals surface area contributed by atoms with E-state index in [4.69, 9.17) is 11.5 Å². The van der Waals surface area contributed by atoms with Gasteiger partial charge in [-0.1, -0.05) is 6.92 Å². The molecule has 0 atom stereocenters. The molecule has 0 saturated heterocycles. The summed E-state index contributed by atoms with van der Waals surface area (Å²) in [6, 6.07) is 4.16. The first-order chi connectivity index (χ1) is 10.4. The predicted molar refractivity (Wildman–Crippen MR) is 99.7 cm³/mol. The molecule has 0 saturated carbocycles. The van der Waals surface area contributed by atoms with E-state index in [0.29, 0.717) is 6.42 Å². The van der Waals surface area contributed by atoms with Crippen LogP contribution >= 0.6 is 31.9 Å². The van der Waals surface area contributed by atoms with E-state index in [9.17, 15) is 4.79 Å². The quantitative estimate of drug-likeness (QED) is 0.435. The van der Waals surface area contributed by atoms with Crippen molar-refractivity contribution < 1.29 is 4.79 Å². The minimum atomic E-state index is -0.210. The van der Waals surface area contributed by atoms with Gasteiger partial charge in [0.25, 0.3) is 0 Å². The van der Waals surface area contributed by atoms with Gasteiger partial charge < -0.3 is 16.4 Å². The molecule has 0 heterocycles. The van der Waals surface area contributed by atoms with Crippen molar-refractivity contribution in [3.8, 4) is 0 Å². The normalized spacial score (nSPS) is 11.1. The summed E-state index contributed by atoms with van der Waals surface area (Å²) in [6.07, 6.45) is 4.47. The molecule has 124 valence electrons. The van der Waals surface area contributed by atoms with Crippen LogP contribution in [0.5, 0.6) is 0 Å². The molecule has 0 unspecified atom stereocenters. The average molecular weight is 435 g/mol. The van der Waals surface area contributed by atoms with Gasteiger partial charge in [0, 0.05) is 21.9 Å². The maximum Gasteiger partial charge on any atom is 0.217 e. The molecule has 6 heteroatoms. The van der Waals surface area contributed by atoms with Crippen LogP contribution in [0.1, 0.15) is 38.2 Å². The van der Waals surface area contributed by atoms with E-state index in [0.717, 1.165) is 60.0 Å². The van der Waals surface area contributed by atoms with Gasteiger partial charge in [0.15, 0.2) is 0 Å². The van der Waals surface area contributed by atoms with E-state index in [-0.39, 0.29) is 5.91 Å². The smallest absolute Gasteiger partial charge is 0.217 e. The van der Waals surface area contributed by atoms with Crippen molar-refractivity contribution in [3.63, 3.8) is 0 Å². The van der Waals surface area contributed by atoms with Crippen molar-refractivity contribution in [1.29, 1.82) is 0 Å². The van der Waals surface area contributed by atoms with Crippen LogP contribution in [0, 0.1) is 0 Å². The number of anilines is 1. The molecule has 1 aromatic rings. The number of rotatable bonds is 10. The van der Waals surface area contributed by atoms with Gasteiger partial charge in [0.1, 0.15) is 0 Å². The third kappa shape index (κ3) is 7.11. The van der Waals surface area contributed by atoms with E-state index in [1.54, 1.807) is 0 Å². The maximum atomic E-state index is 10.8. The molecule has 0 aliphatic carbocycles. The largest absolute Gasteiger partial charge is 0.397 e. The lowest BCUT2D eigenvalue weighted by Crippen LogP contribution is -2.28. The molecule has 0 fully saturated rings. The molecule has 0 spiro atoms. The summed E-state index contributed by atoms with van der Waals surface area (Å²) in [6.45, 7) is 5.28. The summed E-state index contributed by atoms with van der Waals surface area (Å²) in [4.78, 5) is 13.2. The highest BCUT2D eigenvalue weighted by Gasteiger charge is 2.08. The molecule has 0 aromatic heterocycles. The molecule has 22 heavy (non-hydrogen) atoms. The minimum absolute atomic E-state index is 0.210. The number of hydrogen-bond acceptors (Lipinski definition) is 3. The number of nitrogen functional groups attached to an aromatic ring is 1. The second kappa shape index (κ2) is 10.2. The number of primary amides is 1. The summed E-state index contributed by atoms with van der Waals surface area (Å²) < 4.78 is 1.86. The van der Waals surface area contributed by atoms with Gasteiger partial charge in [0.2, 0.25) is 5.91 Å². The van der Waals surface area contributed by atoms with Crippen molar-refractivity contribution in [1.82, 2.24) is 4.90 Å². The van der Waals surface area contributed by atoms with Crippen LogP contribution in [-0.2, 0) is 11.2 Å². The van der Waals surface area contributed by atoms with Crippen LogP contribution in [0.25, 0.3) is 0 Å². The van der Waals surface area contributed by atoms with Gasteiger partial charge in [-0.2, -0.15) is 0 Å². The minimum Gasteiger partial charge on any atom is -0.397 e. The predicted octanol–water partition coefficient (Wildman–Crippen LogP) is 3.70. The second-order valence-corrected chi connectivity index (χ2v) is 7.20. The number of amides is 1. The van der Waals surface area contributed by atoms with Crippen LogP contribution in [0.3, 0.4) is 0 Å². The van der Waals surface area contributed by atoms with E-state index < -0.39 is 0 Å². The number of carbonyl (C=O) groups excluding carboxylic acids is 1. The Bertz CT molecular complexity index is 471. The molecule has 1 aromatic carbocycles. The van der Waals surface area contributed by atoms with E-state index in [2.05, 4.69) is 55.8 Å². The van der Waals surface area contributed by atoms with Crippen molar-refractivity contribution in [2.45, 2.75) is 39.0 Å². The molecule has 0 aliphatic heterocycles. The molecular formula is C16H25Br2N3O. The molecule has 4 nitrogen and oxygen atoms in total. The zero-order chi connectivity index (χ0) is 16.5. The molecular weight excluding hydrogens is 410 g/mol. The number of halogens is 2. The number of nitrogens with zero attached hydrogens (tertiary/aromatic N) is 1. The Balaban J connectivity index is 2.48. The van der Waals surface area contributed by atoms with Crippen LogP contribution < -0.4 is 11.5 Å². The first kappa shape index (κ1) is 19.5. The fraction of sp³-hybridized carbons (Fsp3) is 0.562. The van der Waals surface area contributed by atoms with Crippen molar-refractivity contribution in [3.05, 3.63) is 26.6 Å². The molecule has 1 amide bonds. The average Bonchev–Trinajstić information content (AvgIpc) is 2.46. The number of unbranched alkanes of at least 4 members (excludes halogenated alkanes) is 1. The zero-order valence-corrected chi connectivity index (χ0v) is 16.2. The van der Waals surface area contributed by atoms with Crippen LogP contribution in [0.4, 0.5) is 5.69 Å². The topological polar surface area (TPSA) is 72.3 Å². The van der Waals surface area contributed by atoms with Gasteiger partial charge in [0.05, 0.1) is 5.69 Å². The van der Waals surface area contributed by atoms with Gasteiger partial charge in [-0.25, -0.2) is 0 Å². The van der Waals surface area contributed by atoms with E-state index in [1.165, 1.54) is 5.56 Å². The highest BCUT2D eigenvalue weighted by atomic mass is 79.9. The van der Waals surface area contributed by atoms with Crippen molar-refractivity contribution in [2.24, 2.45) is 5.73 Å². The molecule has 0 bridgehead atoms. The molecule has 0 radical (unpaired) electrons. The summed E-state index contributed by atoms with van der Waals surface area (Å²) in [7, 11) is 0. The zero-order valence-electron chi connectivity index (χ0n) is 13.1. The lowest BCUT2D eigenvalue weighted by molar-refractivity contribution is -0.118. The van der Waals surface area contributed by atoms with Crippen LogP contribution in [-0.4, -0.2) is 30.4 Å². The lowest BCUT2D eigenvalue weighted by Gasteiger charge is -2.21. The van der Waals surface area contributed by atoms with Crippen molar-refractivity contribution in [2.75, 3.05) is 25.4 Å². The number of nitrogens with two attached hydrogens (primary N) is 2. The first-order valence-corrected chi connectivity index (χ1v) is 9.26. The summed E-state index contributed by atoms with van der Waals surface area (Å²) in [5, 5.41) is 0. The number of benzene rings is 1. The first-order valence-electron chi connectivity index (χ1n) is 7.68.